The zero-order valence-corrected chi connectivity index (χ0v) is 15.7. The molecule has 3 aromatic carbocycles. The van der Waals surface area contributed by atoms with E-state index in [0.717, 1.165) is 10.8 Å². The highest BCUT2D eigenvalue weighted by atomic mass is 31.2. The third kappa shape index (κ3) is 5.71. The van der Waals surface area contributed by atoms with E-state index in [2.05, 4.69) is 9.84 Å². The van der Waals surface area contributed by atoms with Crippen LogP contribution in [0.2, 0.25) is 0 Å². The number of halogens is 1. The van der Waals surface area contributed by atoms with Crippen molar-refractivity contribution in [3.8, 4) is 0 Å². The Morgan fingerprint density at radius 2 is 1.79 bits per heavy atom. The van der Waals surface area contributed by atoms with E-state index in [1.165, 1.54) is 18.2 Å². The molecule has 0 fully saturated rings. The molecule has 0 unspecified atom stereocenters. The Morgan fingerprint density at radius 3 is 2.50 bits per heavy atom. The molecule has 1 atom stereocenters. The third-order valence-electron chi connectivity index (χ3n) is 4.16. The second-order valence-electron chi connectivity index (χ2n) is 6.35. The van der Waals surface area contributed by atoms with E-state index in [-0.39, 0.29) is 6.42 Å². The van der Waals surface area contributed by atoms with Gasteiger partial charge in [-0.3, -0.25) is 9.32 Å². The Kier molecular flexibility index (Phi) is 6.21. The van der Waals surface area contributed by atoms with Crippen LogP contribution in [0.3, 0.4) is 0 Å². The molecule has 8 heteroatoms. The molecular weight excluding hydrogens is 384 g/mol. The van der Waals surface area contributed by atoms with Crippen LogP contribution in [0.1, 0.15) is 15.9 Å². The average molecular weight is 403 g/mol. The van der Waals surface area contributed by atoms with Crippen molar-refractivity contribution >= 4 is 24.5 Å². The number of amides is 1. The first-order valence-corrected chi connectivity index (χ1v) is 10.1. The maximum absolute atomic E-state index is 13.4. The number of phosphoric ester groups is 1. The highest BCUT2D eigenvalue weighted by Crippen LogP contribution is 2.35. The number of benzene rings is 3. The van der Waals surface area contributed by atoms with Crippen molar-refractivity contribution in [3.05, 3.63) is 83.7 Å². The minimum atomic E-state index is -4.71. The van der Waals surface area contributed by atoms with Crippen molar-refractivity contribution in [2.75, 3.05) is 6.61 Å². The van der Waals surface area contributed by atoms with Gasteiger partial charge >= 0.3 is 7.82 Å². The number of nitrogens with one attached hydrogen (secondary N) is 1. The maximum atomic E-state index is 13.4. The van der Waals surface area contributed by atoms with Crippen LogP contribution in [0.5, 0.6) is 0 Å². The van der Waals surface area contributed by atoms with Gasteiger partial charge in [0, 0.05) is 5.56 Å². The second kappa shape index (κ2) is 8.63. The van der Waals surface area contributed by atoms with Crippen LogP contribution in [0, 0.1) is 5.82 Å². The number of rotatable bonds is 7. The summed E-state index contributed by atoms with van der Waals surface area (Å²) >= 11 is 0. The molecular formula is C20H19FNO5P. The van der Waals surface area contributed by atoms with Crippen molar-refractivity contribution in [1.29, 1.82) is 0 Å². The van der Waals surface area contributed by atoms with Gasteiger partial charge in [0.25, 0.3) is 5.91 Å². The first kappa shape index (κ1) is 20.2. The zero-order valence-electron chi connectivity index (χ0n) is 14.8. The van der Waals surface area contributed by atoms with Crippen molar-refractivity contribution in [1.82, 2.24) is 5.32 Å². The van der Waals surface area contributed by atoms with E-state index in [1.54, 1.807) is 18.2 Å². The summed E-state index contributed by atoms with van der Waals surface area (Å²) in [6.45, 7) is -0.417. The minimum absolute atomic E-state index is 0.150. The molecule has 0 saturated heterocycles. The molecule has 0 aliphatic rings. The Bertz CT molecular complexity index is 1040. The Morgan fingerprint density at radius 1 is 1.04 bits per heavy atom. The lowest BCUT2D eigenvalue weighted by atomic mass is 10.0. The van der Waals surface area contributed by atoms with E-state index in [0.29, 0.717) is 11.1 Å². The van der Waals surface area contributed by atoms with Gasteiger partial charge < -0.3 is 15.1 Å². The molecule has 0 bridgehead atoms. The molecule has 0 saturated carbocycles. The number of phosphoric acid groups is 1. The summed E-state index contributed by atoms with van der Waals surface area (Å²) in [6, 6.07) is 17.8. The van der Waals surface area contributed by atoms with Gasteiger partial charge in [0.15, 0.2) is 0 Å². The quantitative estimate of drug-likeness (QED) is 0.526. The van der Waals surface area contributed by atoms with Crippen LogP contribution in [0.15, 0.2) is 66.7 Å². The highest BCUT2D eigenvalue weighted by molar-refractivity contribution is 7.46. The predicted molar refractivity (Wildman–Crippen MR) is 103 cm³/mol. The molecule has 146 valence electrons. The van der Waals surface area contributed by atoms with Crippen LogP contribution >= 0.6 is 7.82 Å². The topological polar surface area (TPSA) is 95.9 Å². The minimum Gasteiger partial charge on any atom is -0.347 e. The lowest BCUT2D eigenvalue weighted by Gasteiger charge is -2.19. The Labute approximate surface area is 161 Å². The van der Waals surface area contributed by atoms with Gasteiger partial charge in [0.1, 0.15) is 5.82 Å². The third-order valence-corrected chi connectivity index (χ3v) is 4.65. The fourth-order valence-electron chi connectivity index (χ4n) is 2.89. The van der Waals surface area contributed by atoms with Gasteiger partial charge in [0.05, 0.1) is 12.6 Å². The zero-order chi connectivity index (χ0) is 20.1. The monoisotopic (exact) mass is 403 g/mol. The predicted octanol–water partition coefficient (Wildman–Crippen LogP) is 3.43. The normalized spacial score (nSPS) is 12.7. The number of fused-ring (bicyclic) bond motifs is 1. The Balaban J connectivity index is 1.78. The van der Waals surface area contributed by atoms with Gasteiger partial charge in [-0.25, -0.2) is 8.96 Å². The summed E-state index contributed by atoms with van der Waals surface area (Å²) < 4.78 is 29.0. The fourth-order valence-corrected chi connectivity index (χ4v) is 3.26. The maximum Gasteiger partial charge on any atom is 0.469 e. The molecule has 0 aliphatic heterocycles. The lowest BCUT2D eigenvalue weighted by Crippen LogP contribution is -2.39. The van der Waals surface area contributed by atoms with Crippen LogP contribution in [-0.4, -0.2) is 28.3 Å². The van der Waals surface area contributed by atoms with Crippen LogP contribution in [-0.2, 0) is 15.5 Å². The summed E-state index contributed by atoms with van der Waals surface area (Å²) in [7, 11) is -4.71. The second-order valence-corrected chi connectivity index (χ2v) is 7.59. The summed E-state index contributed by atoms with van der Waals surface area (Å²) in [4.78, 5) is 30.6. The molecule has 1 amide bonds. The molecule has 0 radical (unpaired) electrons. The average Bonchev–Trinajstić information content (AvgIpc) is 2.65. The van der Waals surface area contributed by atoms with E-state index >= 15 is 0 Å². The molecule has 3 aromatic rings. The Hall–Kier alpha value is -2.57. The van der Waals surface area contributed by atoms with Crippen LogP contribution in [0.4, 0.5) is 4.39 Å². The summed E-state index contributed by atoms with van der Waals surface area (Å²) in [6.07, 6.45) is 0.150. The molecule has 3 N–H and O–H groups in total. The number of hydrogen-bond acceptors (Lipinski definition) is 3. The van der Waals surface area contributed by atoms with E-state index in [1.807, 2.05) is 30.3 Å². The molecule has 0 aromatic heterocycles. The van der Waals surface area contributed by atoms with Gasteiger partial charge in [-0.15, -0.1) is 0 Å². The van der Waals surface area contributed by atoms with Crippen molar-refractivity contribution < 1.29 is 28.1 Å². The van der Waals surface area contributed by atoms with Gasteiger partial charge in [-0.2, -0.15) is 0 Å². The van der Waals surface area contributed by atoms with E-state index in [9.17, 15) is 13.8 Å². The van der Waals surface area contributed by atoms with Crippen LogP contribution < -0.4 is 5.32 Å². The summed E-state index contributed by atoms with van der Waals surface area (Å²) in [5.41, 5.74) is 0.970. The van der Waals surface area contributed by atoms with Crippen molar-refractivity contribution in [3.63, 3.8) is 0 Å². The highest BCUT2D eigenvalue weighted by Gasteiger charge is 2.21. The van der Waals surface area contributed by atoms with E-state index < -0.39 is 32.2 Å². The van der Waals surface area contributed by atoms with E-state index in [4.69, 9.17) is 9.79 Å². The van der Waals surface area contributed by atoms with Gasteiger partial charge in [-0.1, -0.05) is 42.5 Å². The fraction of sp³-hybridized carbons (Fsp3) is 0.150. The van der Waals surface area contributed by atoms with Crippen molar-refractivity contribution in [2.24, 2.45) is 0 Å². The lowest BCUT2D eigenvalue weighted by molar-refractivity contribution is 0.0909. The standard InChI is InChI=1S/C20H19FNO5P/c21-18-7-3-4-14(10-18)11-19(13-27-28(24,25)26)22-20(23)17-9-8-15-5-1-2-6-16(15)12-17/h1-10,12,19H,11,13H2,(H,22,23)(H2,24,25,26)/t19-/m1/s1. The smallest absolute Gasteiger partial charge is 0.347 e. The van der Waals surface area contributed by atoms with Gasteiger partial charge in [0.2, 0.25) is 0 Å². The summed E-state index contributed by atoms with van der Waals surface area (Å²) in [5.74, 6) is -0.852. The molecule has 0 heterocycles. The first-order valence-electron chi connectivity index (χ1n) is 8.54. The van der Waals surface area contributed by atoms with Gasteiger partial charge in [-0.05, 0) is 47.0 Å². The number of carbonyl (C=O) groups is 1. The molecule has 0 spiro atoms. The molecule has 6 nitrogen and oxygen atoms in total. The largest absolute Gasteiger partial charge is 0.469 e. The first-order chi connectivity index (χ1) is 13.3. The number of hydrogen-bond donors (Lipinski definition) is 3. The SMILES string of the molecule is O=C(N[C@@H](COP(=O)(O)O)Cc1cccc(F)c1)c1ccc2ccccc2c1. The number of carbonyl (C=O) groups excluding carboxylic acids is 1. The van der Waals surface area contributed by atoms with Crippen LogP contribution in [0.25, 0.3) is 10.8 Å². The molecule has 28 heavy (non-hydrogen) atoms. The molecule has 3 rings (SSSR count). The van der Waals surface area contributed by atoms with Crippen molar-refractivity contribution in [2.45, 2.75) is 12.5 Å². The summed E-state index contributed by atoms with van der Waals surface area (Å²) in [5, 5.41) is 4.59. The molecule has 0 aliphatic carbocycles.